The lowest BCUT2D eigenvalue weighted by atomic mass is 10.3. The minimum absolute atomic E-state index is 0.195. The van der Waals surface area contributed by atoms with Crippen LogP contribution in [0.1, 0.15) is 19.8 Å². The lowest BCUT2D eigenvalue weighted by Gasteiger charge is -1.86. The molecule has 0 bridgehead atoms. The van der Waals surface area contributed by atoms with E-state index in [1.54, 1.807) is 6.92 Å². The zero-order valence-electron chi connectivity index (χ0n) is 7.19. The van der Waals surface area contributed by atoms with Crippen molar-refractivity contribution in [3.8, 4) is 0 Å². The second-order valence-corrected chi connectivity index (χ2v) is 2.67. The highest BCUT2D eigenvalue weighted by Gasteiger charge is 1.81. The van der Waals surface area contributed by atoms with E-state index in [9.17, 15) is 4.57 Å². The summed E-state index contributed by atoms with van der Waals surface area (Å²) < 4.78 is 13.7. The van der Waals surface area contributed by atoms with Gasteiger partial charge in [0.05, 0.1) is 6.61 Å². The molecule has 0 spiro atoms. The van der Waals surface area contributed by atoms with Gasteiger partial charge in [0, 0.05) is 13.2 Å². The summed E-state index contributed by atoms with van der Waals surface area (Å²) in [6.07, 6.45) is 1.44. The molecule has 0 radical (unpaired) electrons. The Labute approximate surface area is 72.9 Å². The van der Waals surface area contributed by atoms with E-state index in [4.69, 9.17) is 15.1 Å². The fourth-order valence-corrected chi connectivity index (χ4v) is 0.594. The number of aliphatic hydroxyl groups is 2. The van der Waals surface area contributed by atoms with E-state index in [-0.39, 0.29) is 13.2 Å². The van der Waals surface area contributed by atoms with E-state index < -0.39 is 8.25 Å². The maximum Gasteiger partial charge on any atom is 0.316 e. The molecule has 12 heavy (non-hydrogen) atoms. The van der Waals surface area contributed by atoms with Crippen molar-refractivity contribution in [2.24, 2.45) is 0 Å². The third kappa shape index (κ3) is 22.5. The molecule has 0 aliphatic rings. The molecule has 0 aromatic rings. The van der Waals surface area contributed by atoms with Crippen LogP contribution < -0.4 is 0 Å². The van der Waals surface area contributed by atoms with Crippen molar-refractivity contribution in [2.75, 3.05) is 19.8 Å². The van der Waals surface area contributed by atoms with Gasteiger partial charge in [-0.25, -0.2) is 0 Å². The van der Waals surface area contributed by atoms with Gasteiger partial charge in [0.15, 0.2) is 0 Å². The molecule has 0 amide bonds. The van der Waals surface area contributed by atoms with Crippen LogP contribution >= 0.6 is 8.25 Å². The molecule has 0 fully saturated rings. The predicted octanol–water partition coefficient (Wildman–Crippen LogP) is 0.156. The maximum atomic E-state index is 9.56. The summed E-state index contributed by atoms with van der Waals surface area (Å²) >= 11 is 0. The Bertz CT molecular complexity index is 93.9. The van der Waals surface area contributed by atoms with Gasteiger partial charge in [-0.2, -0.15) is 0 Å². The van der Waals surface area contributed by atoms with Crippen LogP contribution in [-0.2, 0) is 9.09 Å². The highest BCUT2D eigenvalue weighted by molar-refractivity contribution is 7.32. The zero-order chi connectivity index (χ0) is 9.82. The molecule has 1 atom stereocenters. The molecule has 3 N–H and O–H groups in total. The minimum Gasteiger partial charge on any atom is -0.396 e. The van der Waals surface area contributed by atoms with Crippen molar-refractivity contribution in [2.45, 2.75) is 19.8 Å². The van der Waals surface area contributed by atoms with E-state index >= 15 is 0 Å². The first-order chi connectivity index (χ1) is 5.68. The quantitative estimate of drug-likeness (QED) is 0.434. The van der Waals surface area contributed by atoms with Crippen LogP contribution in [0.25, 0.3) is 0 Å². The highest BCUT2D eigenvalue weighted by Crippen LogP contribution is 2.12. The molecule has 76 valence electrons. The fraction of sp³-hybridized carbons (Fsp3) is 1.00. The van der Waals surface area contributed by atoms with Gasteiger partial charge in [-0.05, 0) is 19.8 Å². The van der Waals surface area contributed by atoms with Crippen LogP contribution in [0.4, 0.5) is 0 Å². The minimum atomic E-state index is -2.64. The van der Waals surface area contributed by atoms with Crippen molar-refractivity contribution in [3.05, 3.63) is 0 Å². The molecular formula is C6H17O5P. The van der Waals surface area contributed by atoms with Gasteiger partial charge in [-0.3, -0.25) is 4.57 Å². The normalized spacial score (nSPS) is 11.7. The van der Waals surface area contributed by atoms with Crippen molar-refractivity contribution < 1.29 is 24.2 Å². The third-order valence-electron chi connectivity index (χ3n) is 0.834. The average molecular weight is 200 g/mol. The number of hydrogen-bond donors (Lipinski definition) is 3. The monoisotopic (exact) mass is 200 g/mol. The van der Waals surface area contributed by atoms with Crippen LogP contribution in [-0.4, -0.2) is 34.9 Å². The molecule has 0 rings (SSSR count). The summed E-state index contributed by atoms with van der Waals surface area (Å²) in [7, 11) is -2.64. The molecule has 0 aromatic heterocycles. The van der Waals surface area contributed by atoms with E-state index in [0.29, 0.717) is 6.61 Å². The molecule has 0 aliphatic carbocycles. The molecule has 1 unspecified atom stereocenters. The first-order valence-electron chi connectivity index (χ1n) is 3.76. The number of aliphatic hydroxyl groups excluding tert-OH is 2. The Kier molecular flexibility index (Phi) is 16.6. The van der Waals surface area contributed by atoms with E-state index in [1.165, 1.54) is 0 Å². The second kappa shape index (κ2) is 13.6. The summed E-state index contributed by atoms with van der Waals surface area (Å²) in [5.41, 5.74) is 0. The molecule has 0 saturated carbocycles. The van der Waals surface area contributed by atoms with Crippen LogP contribution in [0.2, 0.25) is 0 Å². The lowest BCUT2D eigenvalue weighted by molar-refractivity contribution is 0.242. The Morgan fingerprint density at radius 2 is 1.67 bits per heavy atom. The standard InChI is InChI=1S/C4H10O2.C2H7O3P/c5-3-1-2-4-6;1-2-5-6(3)4/h5-6H,1-4H2;6H,2H2,1H3,(H,3,4). The first kappa shape index (κ1) is 14.6. The maximum absolute atomic E-state index is 9.56. The van der Waals surface area contributed by atoms with Gasteiger partial charge < -0.3 is 19.6 Å². The smallest absolute Gasteiger partial charge is 0.316 e. The van der Waals surface area contributed by atoms with Crippen LogP contribution in [0.5, 0.6) is 0 Å². The van der Waals surface area contributed by atoms with Crippen molar-refractivity contribution in [1.82, 2.24) is 0 Å². The van der Waals surface area contributed by atoms with Gasteiger partial charge >= 0.3 is 8.25 Å². The summed E-state index contributed by atoms with van der Waals surface area (Å²) in [4.78, 5) is 7.88. The molecular weight excluding hydrogens is 183 g/mol. The Balaban J connectivity index is 0. The van der Waals surface area contributed by atoms with Gasteiger partial charge in [0.1, 0.15) is 0 Å². The Morgan fingerprint density at radius 3 is 1.75 bits per heavy atom. The summed E-state index contributed by atoms with van der Waals surface area (Å²) in [5, 5.41) is 16.2. The predicted molar refractivity (Wildman–Crippen MR) is 46.3 cm³/mol. The first-order valence-corrected chi connectivity index (χ1v) is 5.02. The SMILES string of the molecule is CCO[PH](=O)O.OCCCCO. The van der Waals surface area contributed by atoms with Crippen molar-refractivity contribution >= 4 is 8.25 Å². The Hall–Kier alpha value is 0.0700. The van der Waals surface area contributed by atoms with Gasteiger partial charge in [-0.1, -0.05) is 0 Å². The fourth-order valence-electron chi connectivity index (χ4n) is 0.347. The van der Waals surface area contributed by atoms with Crippen LogP contribution in [0.15, 0.2) is 0 Å². The lowest BCUT2D eigenvalue weighted by Crippen LogP contribution is -1.85. The summed E-state index contributed by atoms with van der Waals surface area (Å²) in [5.74, 6) is 0. The zero-order valence-corrected chi connectivity index (χ0v) is 8.19. The average Bonchev–Trinajstić information content (AvgIpc) is 2.02. The number of unbranched alkanes of at least 4 members (excludes halogenated alkanes) is 1. The van der Waals surface area contributed by atoms with Crippen LogP contribution in [0.3, 0.4) is 0 Å². The summed E-state index contributed by atoms with van der Waals surface area (Å²) in [6, 6.07) is 0. The van der Waals surface area contributed by atoms with Crippen molar-refractivity contribution in [1.29, 1.82) is 0 Å². The molecule has 5 nitrogen and oxygen atoms in total. The topological polar surface area (TPSA) is 87.0 Å². The van der Waals surface area contributed by atoms with E-state index in [2.05, 4.69) is 4.52 Å². The Morgan fingerprint density at radius 1 is 1.25 bits per heavy atom. The molecule has 0 aliphatic heterocycles. The van der Waals surface area contributed by atoms with E-state index in [0.717, 1.165) is 12.8 Å². The summed E-state index contributed by atoms with van der Waals surface area (Å²) in [6.45, 7) is 2.37. The van der Waals surface area contributed by atoms with Gasteiger partial charge in [0.2, 0.25) is 0 Å². The number of rotatable bonds is 5. The van der Waals surface area contributed by atoms with Crippen LogP contribution in [0, 0.1) is 0 Å². The van der Waals surface area contributed by atoms with Gasteiger partial charge in [-0.15, -0.1) is 0 Å². The highest BCUT2D eigenvalue weighted by atomic mass is 31.1. The molecule has 0 aromatic carbocycles. The van der Waals surface area contributed by atoms with Crippen molar-refractivity contribution in [3.63, 3.8) is 0 Å². The van der Waals surface area contributed by atoms with E-state index in [1.807, 2.05) is 0 Å². The molecule has 6 heteroatoms. The molecule has 0 saturated heterocycles. The third-order valence-corrected chi connectivity index (χ3v) is 1.37. The van der Waals surface area contributed by atoms with Gasteiger partial charge in [0.25, 0.3) is 0 Å². The molecule has 0 heterocycles. The largest absolute Gasteiger partial charge is 0.396 e. The second-order valence-electron chi connectivity index (χ2n) is 1.85. The number of hydrogen-bond acceptors (Lipinski definition) is 4.